The second-order valence-electron chi connectivity index (χ2n) is 4.07. The number of aliphatic imine (C=N–C) groups is 1. The number of benzene rings is 1. The highest BCUT2D eigenvalue weighted by Crippen LogP contribution is 2.10. The summed E-state index contributed by atoms with van der Waals surface area (Å²) in [6.45, 7) is 2.26. The molecule has 0 unspecified atom stereocenters. The van der Waals surface area contributed by atoms with Gasteiger partial charge < -0.3 is 15.4 Å². The fourth-order valence-electron chi connectivity index (χ4n) is 1.49. The van der Waals surface area contributed by atoms with Crippen LogP contribution in [0.2, 0.25) is 0 Å². The summed E-state index contributed by atoms with van der Waals surface area (Å²) in [5, 5.41) is 6.43. The highest BCUT2D eigenvalue weighted by atomic mass is 127. The average molecular weight is 427 g/mol. The van der Waals surface area contributed by atoms with Crippen molar-refractivity contribution in [1.82, 2.24) is 10.6 Å². The van der Waals surface area contributed by atoms with Gasteiger partial charge in [-0.25, -0.2) is 4.39 Å². The molecular formula is C14H23FIN3OS. The maximum Gasteiger partial charge on any atom is 0.191 e. The van der Waals surface area contributed by atoms with E-state index >= 15 is 0 Å². The number of nitrogens with one attached hydrogen (secondary N) is 2. The molecule has 0 radical (unpaired) electrons. The smallest absolute Gasteiger partial charge is 0.191 e. The van der Waals surface area contributed by atoms with Gasteiger partial charge >= 0.3 is 0 Å². The number of hydrogen-bond donors (Lipinski definition) is 2. The summed E-state index contributed by atoms with van der Waals surface area (Å²) in [4.78, 5) is 4.13. The van der Waals surface area contributed by atoms with Crippen molar-refractivity contribution in [2.24, 2.45) is 4.99 Å². The summed E-state index contributed by atoms with van der Waals surface area (Å²) in [6, 6.07) is 6.05. The third-order valence-electron chi connectivity index (χ3n) is 2.52. The number of halogens is 2. The molecule has 0 aliphatic heterocycles. The van der Waals surface area contributed by atoms with Gasteiger partial charge in [0.1, 0.15) is 11.6 Å². The third kappa shape index (κ3) is 9.78. The normalized spacial score (nSPS) is 10.7. The first kappa shape index (κ1) is 20.3. The van der Waals surface area contributed by atoms with Gasteiger partial charge in [0.25, 0.3) is 0 Å². The molecule has 0 heterocycles. The molecule has 0 fully saturated rings. The molecule has 7 heteroatoms. The molecule has 0 atom stereocenters. The van der Waals surface area contributed by atoms with E-state index in [2.05, 4.69) is 21.9 Å². The van der Waals surface area contributed by atoms with Gasteiger partial charge in [-0.1, -0.05) is 0 Å². The van der Waals surface area contributed by atoms with Crippen LogP contribution in [0.1, 0.15) is 6.42 Å². The average Bonchev–Trinajstić information content (AvgIpc) is 2.47. The van der Waals surface area contributed by atoms with Crippen LogP contribution in [0.5, 0.6) is 5.75 Å². The summed E-state index contributed by atoms with van der Waals surface area (Å²) in [7, 11) is 1.75. The Morgan fingerprint density at radius 2 is 1.90 bits per heavy atom. The molecule has 0 saturated heterocycles. The summed E-state index contributed by atoms with van der Waals surface area (Å²) in [5.41, 5.74) is 0. The van der Waals surface area contributed by atoms with E-state index in [-0.39, 0.29) is 29.8 Å². The molecule has 2 N–H and O–H groups in total. The summed E-state index contributed by atoms with van der Waals surface area (Å²) in [5.74, 6) is 2.29. The number of ether oxygens (including phenoxy) is 1. The van der Waals surface area contributed by atoms with Gasteiger partial charge in [-0.15, -0.1) is 24.0 Å². The minimum atomic E-state index is -0.251. The van der Waals surface area contributed by atoms with Crippen molar-refractivity contribution < 1.29 is 9.13 Å². The van der Waals surface area contributed by atoms with Crippen LogP contribution in [0.4, 0.5) is 4.39 Å². The fraction of sp³-hybridized carbons (Fsp3) is 0.500. The van der Waals surface area contributed by atoms with Gasteiger partial charge in [0.2, 0.25) is 0 Å². The maximum absolute atomic E-state index is 12.7. The van der Waals surface area contributed by atoms with E-state index in [4.69, 9.17) is 4.74 Å². The van der Waals surface area contributed by atoms with Gasteiger partial charge in [-0.05, 0) is 36.9 Å². The molecule has 1 rings (SSSR count). The molecule has 21 heavy (non-hydrogen) atoms. The minimum Gasteiger partial charge on any atom is -0.494 e. The second kappa shape index (κ2) is 13.0. The molecule has 0 spiro atoms. The van der Waals surface area contributed by atoms with Crippen LogP contribution in [-0.4, -0.2) is 44.7 Å². The highest BCUT2D eigenvalue weighted by molar-refractivity contribution is 14.0. The summed E-state index contributed by atoms with van der Waals surface area (Å²) < 4.78 is 18.2. The number of guanidine groups is 1. The molecule has 0 aliphatic carbocycles. The first-order chi connectivity index (χ1) is 9.76. The van der Waals surface area contributed by atoms with Crippen molar-refractivity contribution in [2.45, 2.75) is 6.42 Å². The molecule has 0 aromatic heterocycles. The zero-order valence-corrected chi connectivity index (χ0v) is 15.5. The highest BCUT2D eigenvalue weighted by Gasteiger charge is 1.97. The monoisotopic (exact) mass is 427 g/mol. The predicted octanol–water partition coefficient (Wildman–Crippen LogP) is 2.74. The van der Waals surface area contributed by atoms with Gasteiger partial charge in [0.15, 0.2) is 5.96 Å². The Bertz CT molecular complexity index is 404. The molecule has 0 aliphatic rings. The Hall–Kier alpha value is -0.700. The number of rotatable bonds is 8. The number of nitrogens with zero attached hydrogens (tertiary/aromatic N) is 1. The van der Waals surface area contributed by atoms with Crippen LogP contribution in [0.25, 0.3) is 0 Å². The fourth-order valence-corrected chi connectivity index (χ4v) is 1.80. The zero-order chi connectivity index (χ0) is 14.6. The Morgan fingerprint density at radius 1 is 1.24 bits per heavy atom. The molecule has 0 amide bonds. The number of hydrogen-bond acceptors (Lipinski definition) is 3. The molecule has 4 nitrogen and oxygen atoms in total. The molecule has 0 saturated carbocycles. The quantitative estimate of drug-likeness (QED) is 0.290. The van der Waals surface area contributed by atoms with E-state index < -0.39 is 0 Å². The van der Waals surface area contributed by atoms with Crippen molar-refractivity contribution in [3.63, 3.8) is 0 Å². The SMILES string of the molecule is CN=C(NCCCOc1ccc(F)cc1)NCCSC.I. The third-order valence-corrected chi connectivity index (χ3v) is 3.13. The lowest BCUT2D eigenvalue weighted by atomic mass is 10.3. The van der Waals surface area contributed by atoms with Crippen molar-refractivity contribution >= 4 is 41.7 Å². The van der Waals surface area contributed by atoms with E-state index in [1.807, 2.05) is 0 Å². The Morgan fingerprint density at radius 3 is 2.52 bits per heavy atom. The van der Waals surface area contributed by atoms with Crippen molar-refractivity contribution in [2.75, 3.05) is 38.8 Å². The zero-order valence-electron chi connectivity index (χ0n) is 12.4. The van der Waals surface area contributed by atoms with E-state index in [9.17, 15) is 4.39 Å². The Labute approximate surface area is 147 Å². The van der Waals surface area contributed by atoms with Crippen molar-refractivity contribution in [3.8, 4) is 5.75 Å². The number of thioether (sulfide) groups is 1. The second-order valence-corrected chi connectivity index (χ2v) is 5.06. The lowest BCUT2D eigenvalue weighted by molar-refractivity contribution is 0.310. The molecular weight excluding hydrogens is 404 g/mol. The topological polar surface area (TPSA) is 45.7 Å². The van der Waals surface area contributed by atoms with Crippen LogP contribution in [0.3, 0.4) is 0 Å². The Kier molecular flexibility index (Phi) is 12.6. The predicted molar refractivity (Wildman–Crippen MR) is 99.7 cm³/mol. The van der Waals surface area contributed by atoms with Crippen LogP contribution < -0.4 is 15.4 Å². The maximum atomic E-state index is 12.7. The minimum absolute atomic E-state index is 0. The molecule has 0 bridgehead atoms. The molecule has 1 aromatic rings. The first-order valence-corrected chi connectivity index (χ1v) is 7.97. The van der Waals surface area contributed by atoms with E-state index in [0.29, 0.717) is 12.4 Å². The van der Waals surface area contributed by atoms with Gasteiger partial charge in [0, 0.05) is 25.9 Å². The van der Waals surface area contributed by atoms with Crippen LogP contribution >= 0.6 is 35.7 Å². The molecule has 120 valence electrons. The van der Waals surface area contributed by atoms with Crippen molar-refractivity contribution in [1.29, 1.82) is 0 Å². The lowest BCUT2D eigenvalue weighted by Gasteiger charge is -2.11. The van der Waals surface area contributed by atoms with E-state index in [1.54, 1.807) is 30.9 Å². The largest absolute Gasteiger partial charge is 0.494 e. The van der Waals surface area contributed by atoms with Crippen LogP contribution in [0, 0.1) is 5.82 Å². The van der Waals surface area contributed by atoms with Crippen molar-refractivity contribution in [3.05, 3.63) is 30.1 Å². The van der Waals surface area contributed by atoms with Gasteiger partial charge in [-0.3, -0.25) is 4.99 Å². The lowest BCUT2D eigenvalue weighted by Crippen LogP contribution is -2.39. The van der Waals surface area contributed by atoms with Crippen LogP contribution in [0.15, 0.2) is 29.3 Å². The van der Waals surface area contributed by atoms with Gasteiger partial charge in [0.05, 0.1) is 6.61 Å². The standard InChI is InChI=1S/C14H22FN3OS.HI/c1-16-14(18-9-11-20-2)17-8-3-10-19-13-6-4-12(15)5-7-13;/h4-7H,3,8-11H2,1-2H3,(H2,16,17,18);1H. The summed E-state index contributed by atoms with van der Waals surface area (Å²) in [6.07, 6.45) is 2.92. The molecule has 1 aromatic carbocycles. The Balaban J connectivity index is 0.00000400. The van der Waals surface area contributed by atoms with E-state index in [1.165, 1.54) is 12.1 Å². The summed E-state index contributed by atoms with van der Waals surface area (Å²) >= 11 is 1.79. The van der Waals surface area contributed by atoms with Gasteiger partial charge in [-0.2, -0.15) is 11.8 Å². The first-order valence-electron chi connectivity index (χ1n) is 6.58. The van der Waals surface area contributed by atoms with Crippen LogP contribution in [-0.2, 0) is 0 Å². The van der Waals surface area contributed by atoms with E-state index in [0.717, 1.165) is 31.2 Å².